The van der Waals surface area contributed by atoms with E-state index in [0.717, 1.165) is 25.0 Å². The van der Waals surface area contributed by atoms with Gasteiger partial charge in [0.15, 0.2) is 0 Å². The van der Waals surface area contributed by atoms with E-state index >= 15 is 0 Å². The fourth-order valence-corrected chi connectivity index (χ4v) is 2.42. The molecule has 0 saturated carbocycles. The number of aliphatic hydroxyl groups excluding tert-OH is 1. The summed E-state index contributed by atoms with van der Waals surface area (Å²) in [5.74, 6) is 0. The number of anilines is 1. The first-order valence-electron chi connectivity index (χ1n) is 6.49. The lowest BCUT2D eigenvalue weighted by atomic mass is 9.83. The monoisotopic (exact) mass is 353 g/mol. The summed E-state index contributed by atoms with van der Waals surface area (Å²) in [6, 6.07) is 3.73. The number of nitrogens with one attached hydrogen (secondary N) is 1. The molecule has 2 nitrogen and oxygen atoms in total. The van der Waals surface area contributed by atoms with Crippen LogP contribution in [0.4, 0.5) is 18.9 Å². The van der Waals surface area contributed by atoms with Crippen LogP contribution in [0.5, 0.6) is 0 Å². The molecule has 0 atom stereocenters. The first-order valence-corrected chi connectivity index (χ1v) is 7.28. The third kappa shape index (κ3) is 4.38. The van der Waals surface area contributed by atoms with E-state index in [4.69, 9.17) is 0 Å². The molecule has 1 rings (SSSR count). The van der Waals surface area contributed by atoms with Gasteiger partial charge in [-0.2, -0.15) is 13.2 Å². The van der Waals surface area contributed by atoms with Crippen molar-refractivity contribution in [3.05, 3.63) is 28.2 Å². The Morgan fingerprint density at radius 2 is 1.75 bits per heavy atom. The molecule has 0 bridgehead atoms. The van der Waals surface area contributed by atoms with Gasteiger partial charge in [0, 0.05) is 22.1 Å². The predicted octanol–water partition coefficient (Wildman–Crippen LogP) is 4.68. The maximum atomic E-state index is 12.7. The van der Waals surface area contributed by atoms with E-state index in [9.17, 15) is 18.3 Å². The Bertz CT molecular complexity index is 436. The molecule has 2 N–H and O–H groups in total. The highest BCUT2D eigenvalue weighted by molar-refractivity contribution is 9.10. The normalized spacial score (nSPS) is 12.6. The van der Waals surface area contributed by atoms with Gasteiger partial charge in [0.1, 0.15) is 0 Å². The number of rotatable bonds is 6. The topological polar surface area (TPSA) is 32.3 Å². The fourth-order valence-electron chi connectivity index (χ4n) is 1.92. The van der Waals surface area contributed by atoms with Gasteiger partial charge in [-0.15, -0.1) is 0 Å². The largest absolute Gasteiger partial charge is 0.416 e. The van der Waals surface area contributed by atoms with Crippen molar-refractivity contribution in [3.63, 3.8) is 0 Å². The molecule has 0 amide bonds. The zero-order valence-electron chi connectivity index (χ0n) is 11.5. The second kappa shape index (κ2) is 6.80. The first-order chi connectivity index (χ1) is 9.26. The summed E-state index contributed by atoms with van der Waals surface area (Å²) >= 11 is 3.09. The summed E-state index contributed by atoms with van der Waals surface area (Å²) in [7, 11) is 0. The minimum Gasteiger partial charge on any atom is -0.396 e. The van der Waals surface area contributed by atoms with E-state index in [1.54, 1.807) is 6.07 Å². The molecule has 6 heteroatoms. The molecular weight excluding hydrogens is 335 g/mol. The van der Waals surface area contributed by atoms with Gasteiger partial charge >= 0.3 is 6.18 Å². The van der Waals surface area contributed by atoms with Crippen LogP contribution >= 0.6 is 15.9 Å². The van der Waals surface area contributed by atoms with Gasteiger partial charge in [-0.05, 0) is 31.0 Å². The van der Waals surface area contributed by atoms with Gasteiger partial charge in [-0.25, -0.2) is 0 Å². The lowest BCUT2D eigenvalue weighted by Gasteiger charge is -2.30. The van der Waals surface area contributed by atoms with Crippen LogP contribution < -0.4 is 5.32 Å². The molecule has 114 valence electrons. The number of aliphatic hydroxyl groups is 1. The maximum absolute atomic E-state index is 12.7. The van der Waals surface area contributed by atoms with Crippen molar-refractivity contribution in [1.82, 2.24) is 0 Å². The Morgan fingerprint density at radius 3 is 2.20 bits per heavy atom. The smallest absolute Gasteiger partial charge is 0.396 e. The molecule has 1 aromatic carbocycles. The van der Waals surface area contributed by atoms with Crippen LogP contribution in [0.3, 0.4) is 0 Å². The molecule has 0 unspecified atom stereocenters. The van der Waals surface area contributed by atoms with Crippen molar-refractivity contribution in [2.45, 2.75) is 32.9 Å². The van der Waals surface area contributed by atoms with E-state index in [2.05, 4.69) is 21.2 Å². The highest BCUT2D eigenvalue weighted by Gasteiger charge is 2.31. The van der Waals surface area contributed by atoms with Crippen molar-refractivity contribution in [2.75, 3.05) is 18.5 Å². The second-order valence-corrected chi connectivity index (χ2v) is 5.86. The number of hydrogen-bond donors (Lipinski definition) is 2. The molecule has 0 aliphatic carbocycles. The Hall–Kier alpha value is -0.750. The van der Waals surface area contributed by atoms with E-state index < -0.39 is 11.7 Å². The van der Waals surface area contributed by atoms with E-state index in [-0.39, 0.29) is 12.0 Å². The molecule has 0 spiro atoms. The summed E-state index contributed by atoms with van der Waals surface area (Å²) in [5.41, 5.74) is -0.607. The van der Waals surface area contributed by atoms with Gasteiger partial charge in [-0.3, -0.25) is 0 Å². The zero-order chi connectivity index (χ0) is 15.4. The van der Waals surface area contributed by atoms with Crippen LogP contribution in [0.1, 0.15) is 32.3 Å². The number of alkyl halides is 3. The van der Waals surface area contributed by atoms with Gasteiger partial charge in [-0.1, -0.05) is 29.8 Å². The summed E-state index contributed by atoms with van der Waals surface area (Å²) in [6.45, 7) is 4.37. The summed E-state index contributed by atoms with van der Waals surface area (Å²) < 4.78 is 38.6. The van der Waals surface area contributed by atoms with Crippen molar-refractivity contribution in [3.8, 4) is 0 Å². The van der Waals surface area contributed by atoms with Crippen molar-refractivity contribution >= 4 is 21.6 Å². The van der Waals surface area contributed by atoms with E-state index in [0.29, 0.717) is 16.7 Å². The quantitative estimate of drug-likeness (QED) is 0.778. The van der Waals surface area contributed by atoms with Crippen molar-refractivity contribution in [1.29, 1.82) is 0 Å². The zero-order valence-corrected chi connectivity index (χ0v) is 13.1. The minimum absolute atomic E-state index is 0.00707. The average Bonchev–Trinajstić information content (AvgIpc) is 2.39. The average molecular weight is 354 g/mol. The molecule has 20 heavy (non-hydrogen) atoms. The molecule has 1 aromatic rings. The van der Waals surface area contributed by atoms with Crippen LogP contribution in [0.2, 0.25) is 0 Å². The summed E-state index contributed by atoms with van der Waals surface area (Å²) in [4.78, 5) is 0. The third-order valence-electron chi connectivity index (χ3n) is 3.73. The van der Waals surface area contributed by atoms with E-state index in [1.165, 1.54) is 0 Å². The molecule has 0 aromatic heterocycles. The van der Waals surface area contributed by atoms with Crippen LogP contribution in [-0.2, 0) is 6.18 Å². The Labute approximate surface area is 125 Å². The van der Waals surface area contributed by atoms with Crippen LogP contribution in [-0.4, -0.2) is 18.3 Å². The van der Waals surface area contributed by atoms with E-state index in [1.807, 2.05) is 13.8 Å². The first kappa shape index (κ1) is 17.3. The van der Waals surface area contributed by atoms with Crippen molar-refractivity contribution in [2.24, 2.45) is 5.41 Å². The maximum Gasteiger partial charge on any atom is 0.416 e. The standard InChI is InChI=1S/C14H19BrF3NO/c1-3-13(4-2,9-20)8-19-12-6-10(14(16,17)18)5-11(15)7-12/h5-7,19-20H,3-4,8-9H2,1-2H3. The molecular formula is C14H19BrF3NO. The van der Waals surface area contributed by atoms with Crippen LogP contribution in [0.25, 0.3) is 0 Å². The molecule has 0 saturated heterocycles. The highest BCUT2D eigenvalue weighted by Crippen LogP contribution is 2.34. The SMILES string of the molecule is CCC(CC)(CO)CNc1cc(Br)cc(C(F)(F)F)c1. The molecule has 0 aliphatic heterocycles. The van der Waals surface area contributed by atoms with Gasteiger partial charge in [0.2, 0.25) is 0 Å². The molecule has 0 radical (unpaired) electrons. The van der Waals surface area contributed by atoms with Crippen LogP contribution in [0.15, 0.2) is 22.7 Å². The predicted molar refractivity (Wildman–Crippen MR) is 77.7 cm³/mol. The summed E-state index contributed by atoms with van der Waals surface area (Å²) in [6.07, 6.45) is -2.86. The van der Waals surface area contributed by atoms with Crippen molar-refractivity contribution < 1.29 is 18.3 Å². The number of benzene rings is 1. The number of hydrogen-bond acceptors (Lipinski definition) is 2. The minimum atomic E-state index is -4.37. The summed E-state index contributed by atoms with van der Waals surface area (Å²) in [5, 5.41) is 12.5. The van der Waals surface area contributed by atoms with Crippen LogP contribution in [0, 0.1) is 5.41 Å². The fraction of sp³-hybridized carbons (Fsp3) is 0.571. The highest BCUT2D eigenvalue weighted by atomic mass is 79.9. The Balaban J connectivity index is 2.91. The van der Waals surface area contributed by atoms with Gasteiger partial charge in [0.25, 0.3) is 0 Å². The lowest BCUT2D eigenvalue weighted by molar-refractivity contribution is -0.137. The Morgan fingerprint density at radius 1 is 1.15 bits per heavy atom. The Kier molecular flexibility index (Phi) is 5.89. The van der Waals surface area contributed by atoms with Gasteiger partial charge < -0.3 is 10.4 Å². The molecule has 0 aliphatic rings. The lowest BCUT2D eigenvalue weighted by Crippen LogP contribution is -2.32. The number of halogens is 4. The third-order valence-corrected chi connectivity index (χ3v) is 4.19. The molecule has 0 fully saturated rings. The van der Waals surface area contributed by atoms with Gasteiger partial charge in [0.05, 0.1) is 12.2 Å². The second-order valence-electron chi connectivity index (χ2n) is 4.95. The molecule has 0 heterocycles.